The van der Waals surface area contributed by atoms with Gasteiger partial charge >= 0.3 is 6.01 Å². The zero-order chi connectivity index (χ0) is 33.8. The van der Waals surface area contributed by atoms with E-state index in [1.165, 1.54) is 11.0 Å². The standard InChI is InChI=1S/C36H40ClF2N7O2/c1-23(38)33(47)46-17-16-44(18-25(46)10-13-40)32-26-11-15-43(29-7-4-6-24-8-9-27(39)31(37)30(24)29)19-28(26)41-34(42-32)48-22-36-12-5-14-45(36)21-35(2,3)20-36/h4,6-9,25H,1,5,10-12,14-22H2,2-3H3/t25-,36?/m0/s1. The van der Waals surface area contributed by atoms with E-state index in [2.05, 4.69) is 41.2 Å². The number of fused-ring (bicyclic) bond motifs is 3. The molecule has 0 spiro atoms. The number of rotatable bonds is 7. The molecule has 4 aliphatic rings. The number of carbonyl (C=O) groups is 1. The molecule has 3 saturated heterocycles. The number of piperazine rings is 1. The lowest BCUT2D eigenvalue weighted by molar-refractivity contribution is -0.131. The molecule has 1 unspecified atom stereocenters. The number of hydrogen-bond donors (Lipinski definition) is 0. The first-order valence-electron chi connectivity index (χ1n) is 16.7. The lowest BCUT2D eigenvalue weighted by atomic mass is 9.83. The summed E-state index contributed by atoms with van der Waals surface area (Å²) in [6.07, 6.45) is 3.88. The minimum absolute atomic E-state index is 0.0481. The minimum atomic E-state index is -1.04. The third-order valence-corrected chi connectivity index (χ3v) is 10.9. The first kappa shape index (κ1) is 32.5. The second-order valence-electron chi connectivity index (χ2n) is 14.4. The summed E-state index contributed by atoms with van der Waals surface area (Å²) in [4.78, 5) is 30.8. The molecule has 0 aliphatic carbocycles. The Balaban J connectivity index is 1.24. The van der Waals surface area contributed by atoms with Gasteiger partial charge in [-0.1, -0.05) is 50.2 Å². The summed E-state index contributed by atoms with van der Waals surface area (Å²) in [5.74, 6) is -1.58. The van der Waals surface area contributed by atoms with Gasteiger partial charge in [-0.15, -0.1) is 0 Å². The van der Waals surface area contributed by atoms with Gasteiger partial charge in [-0.3, -0.25) is 9.69 Å². The van der Waals surface area contributed by atoms with Crippen LogP contribution in [0, 0.1) is 22.6 Å². The summed E-state index contributed by atoms with van der Waals surface area (Å²) in [6.45, 7) is 12.3. The topological polar surface area (TPSA) is 88.8 Å². The molecule has 2 aromatic carbocycles. The van der Waals surface area contributed by atoms with Crippen LogP contribution in [0.3, 0.4) is 0 Å². The van der Waals surface area contributed by atoms with Crippen molar-refractivity contribution in [1.29, 1.82) is 5.26 Å². The number of anilines is 2. The third-order valence-electron chi connectivity index (χ3n) is 10.5. The van der Waals surface area contributed by atoms with Crippen LogP contribution in [0.1, 0.15) is 50.8 Å². The summed E-state index contributed by atoms with van der Waals surface area (Å²) in [7, 11) is 0. The molecule has 252 valence electrons. The number of halogens is 3. The molecule has 0 radical (unpaired) electrons. The van der Waals surface area contributed by atoms with Crippen LogP contribution in [0.5, 0.6) is 6.01 Å². The van der Waals surface area contributed by atoms with Crippen LogP contribution in [0.25, 0.3) is 10.8 Å². The summed E-state index contributed by atoms with van der Waals surface area (Å²) in [6, 6.07) is 10.8. The van der Waals surface area contributed by atoms with Gasteiger partial charge in [0.1, 0.15) is 18.2 Å². The van der Waals surface area contributed by atoms with Gasteiger partial charge in [0.05, 0.1) is 41.3 Å². The number of hydrogen-bond acceptors (Lipinski definition) is 8. The zero-order valence-corrected chi connectivity index (χ0v) is 28.2. The second kappa shape index (κ2) is 12.5. The molecule has 5 heterocycles. The Hall–Kier alpha value is -4.01. The Kier molecular flexibility index (Phi) is 8.45. The van der Waals surface area contributed by atoms with Gasteiger partial charge in [-0.25, -0.2) is 8.78 Å². The van der Waals surface area contributed by atoms with Crippen molar-refractivity contribution >= 4 is 39.8 Å². The van der Waals surface area contributed by atoms with E-state index in [-0.39, 0.29) is 35.0 Å². The van der Waals surface area contributed by atoms with Crippen LogP contribution < -0.4 is 14.5 Å². The number of nitriles is 1. The molecule has 1 aromatic heterocycles. The Morgan fingerprint density at radius 1 is 1.17 bits per heavy atom. The highest BCUT2D eigenvalue weighted by Crippen LogP contribution is 2.47. The molecular formula is C36H40ClF2N7O2. The van der Waals surface area contributed by atoms with Crippen LogP contribution in [-0.4, -0.2) is 83.1 Å². The van der Waals surface area contributed by atoms with Crippen molar-refractivity contribution in [2.45, 2.75) is 64.1 Å². The van der Waals surface area contributed by atoms with E-state index in [4.69, 9.17) is 26.3 Å². The lowest BCUT2D eigenvalue weighted by Gasteiger charge is -2.42. The molecule has 3 aromatic rings. The van der Waals surface area contributed by atoms with E-state index in [9.17, 15) is 18.8 Å². The Labute approximate surface area is 284 Å². The van der Waals surface area contributed by atoms with Crippen LogP contribution >= 0.6 is 11.6 Å². The molecule has 7 rings (SSSR count). The summed E-state index contributed by atoms with van der Waals surface area (Å²) in [5.41, 5.74) is 2.72. The van der Waals surface area contributed by atoms with Crippen molar-refractivity contribution in [3.05, 3.63) is 64.8 Å². The monoisotopic (exact) mass is 675 g/mol. The minimum Gasteiger partial charge on any atom is -0.461 e. The fourth-order valence-electron chi connectivity index (χ4n) is 8.54. The Morgan fingerprint density at radius 2 is 2.00 bits per heavy atom. The van der Waals surface area contributed by atoms with Crippen molar-refractivity contribution < 1.29 is 18.3 Å². The molecule has 48 heavy (non-hydrogen) atoms. The van der Waals surface area contributed by atoms with E-state index in [0.29, 0.717) is 50.4 Å². The predicted octanol–water partition coefficient (Wildman–Crippen LogP) is 6.04. The van der Waals surface area contributed by atoms with Crippen molar-refractivity contribution in [2.75, 3.05) is 55.7 Å². The van der Waals surface area contributed by atoms with Crippen molar-refractivity contribution in [1.82, 2.24) is 19.8 Å². The van der Waals surface area contributed by atoms with Crippen molar-refractivity contribution in [3.63, 3.8) is 0 Å². The quantitative estimate of drug-likeness (QED) is 0.280. The largest absolute Gasteiger partial charge is 0.461 e. The first-order chi connectivity index (χ1) is 23.0. The van der Waals surface area contributed by atoms with E-state index < -0.39 is 23.6 Å². The number of ether oxygens (including phenoxy) is 1. The Morgan fingerprint density at radius 3 is 2.79 bits per heavy atom. The van der Waals surface area contributed by atoms with Gasteiger partial charge < -0.3 is 19.4 Å². The zero-order valence-electron chi connectivity index (χ0n) is 27.4. The fraction of sp³-hybridized carbons (Fsp3) is 0.500. The molecular weight excluding hydrogens is 636 g/mol. The average molecular weight is 676 g/mol. The van der Waals surface area contributed by atoms with Gasteiger partial charge in [0, 0.05) is 49.4 Å². The van der Waals surface area contributed by atoms with E-state index in [1.807, 2.05) is 18.2 Å². The number of carbonyl (C=O) groups excluding carboxylic acids is 1. The van der Waals surface area contributed by atoms with Gasteiger partial charge in [0.25, 0.3) is 5.91 Å². The molecule has 12 heteroatoms. The molecule has 9 nitrogen and oxygen atoms in total. The molecule has 1 amide bonds. The molecule has 0 bridgehead atoms. The number of amides is 1. The van der Waals surface area contributed by atoms with Crippen LogP contribution in [0.15, 0.2) is 42.7 Å². The molecule has 0 saturated carbocycles. The first-order valence-corrected chi connectivity index (χ1v) is 17.0. The summed E-state index contributed by atoms with van der Waals surface area (Å²) in [5, 5.41) is 11.2. The molecule has 4 aliphatic heterocycles. The molecule has 0 N–H and O–H groups in total. The number of benzene rings is 2. The van der Waals surface area contributed by atoms with Crippen molar-refractivity contribution in [2.24, 2.45) is 5.41 Å². The van der Waals surface area contributed by atoms with Gasteiger partial charge in [0.2, 0.25) is 0 Å². The van der Waals surface area contributed by atoms with Crippen LogP contribution in [0.4, 0.5) is 20.3 Å². The SMILES string of the molecule is C=C(F)C(=O)N1CCN(c2nc(OCC34CCCN3CC(C)(C)C4)nc3c2CCN(c2cccc4ccc(F)c(Cl)c24)C3)C[C@@H]1CC#N. The average Bonchev–Trinajstić information content (AvgIpc) is 3.56. The highest BCUT2D eigenvalue weighted by atomic mass is 35.5. The highest BCUT2D eigenvalue weighted by molar-refractivity contribution is 6.36. The second-order valence-corrected chi connectivity index (χ2v) is 14.8. The normalized spacial score (nSPS) is 23.6. The molecule has 2 atom stereocenters. The number of nitrogens with zero attached hydrogens (tertiary/aromatic N) is 7. The Bertz CT molecular complexity index is 1830. The van der Waals surface area contributed by atoms with E-state index in [0.717, 1.165) is 54.7 Å². The van der Waals surface area contributed by atoms with Crippen molar-refractivity contribution in [3.8, 4) is 12.1 Å². The van der Waals surface area contributed by atoms with Crippen LogP contribution in [-0.2, 0) is 17.8 Å². The number of aromatic nitrogens is 2. The smallest absolute Gasteiger partial charge is 0.318 e. The summed E-state index contributed by atoms with van der Waals surface area (Å²) >= 11 is 6.52. The summed E-state index contributed by atoms with van der Waals surface area (Å²) < 4.78 is 35.1. The van der Waals surface area contributed by atoms with Crippen LogP contribution in [0.2, 0.25) is 5.02 Å². The maximum absolute atomic E-state index is 14.6. The van der Waals surface area contributed by atoms with E-state index in [1.54, 1.807) is 6.07 Å². The van der Waals surface area contributed by atoms with Gasteiger partial charge in [0.15, 0.2) is 5.83 Å². The maximum atomic E-state index is 14.6. The van der Waals surface area contributed by atoms with E-state index >= 15 is 0 Å². The van der Waals surface area contributed by atoms with Gasteiger partial charge in [-0.05, 0) is 55.2 Å². The third kappa shape index (κ3) is 5.83. The van der Waals surface area contributed by atoms with Gasteiger partial charge in [-0.2, -0.15) is 15.2 Å². The fourth-order valence-corrected chi connectivity index (χ4v) is 8.81. The lowest BCUT2D eigenvalue weighted by Crippen LogP contribution is -2.55. The maximum Gasteiger partial charge on any atom is 0.318 e. The predicted molar refractivity (Wildman–Crippen MR) is 181 cm³/mol. The highest BCUT2D eigenvalue weighted by Gasteiger charge is 2.52. The molecule has 3 fully saturated rings.